The Morgan fingerprint density at radius 1 is 1.26 bits per heavy atom. The van der Waals surface area contributed by atoms with Crippen LogP contribution in [0.1, 0.15) is 11.3 Å². The highest BCUT2D eigenvalue weighted by molar-refractivity contribution is 9.10. The summed E-state index contributed by atoms with van der Waals surface area (Å²) in [6.45, 7) is 1.76. The standard InChI is InChI=1S/C14H14BrNO3/c1-9-5-14(10(8-17)7-16-9)19-13-4-3-11(18-2)6-12(13)15/h3-7,17H,8H2,1-2H3. The Bertz CT molecular complexity index is 587. The van der Waals surface area contributed by atoms with Crippen molar-refractivity contribution >= 4 is 15.9 Å². The normalized spacial score (nSPS) is 10.3. The molecule has 0 aliphatic rings. The first-order valence-corrected chi connectivity index (χ1v) is 6.51. The van der Waals surface area contributed by atoms with Gasteiger partial charge in [-0.1, -0.05) is 0 Å². The maximum absolute atomic E-state index is 9.29. The van der Waals surface area contributed by atoms with Crippen LogP contribution in [0.15, 0.2) is 34.9 Å². The smallest absolute Gasteiger partial charge is 0.141 e. The number of aromatic nitrogens is 1. The Hall–Kier alpha value is -1.59. The van der Waals surface area contributed by atoms with Gasteiger partial charge in [0.15, 0.2) is 0 Å². The van der Waals surface area contributed by atoms with Crippen molar-refractivity contribution in [3.05, 3.63) is 46.2 Å². The third-order valence-electron chi connectivity index (χ3n) is 2.61. The number of nitrogens with zero attached hydrogens (tertiary/aromatic N) is 1. The number of rotatable bonds is 4. The summed E-state index contributed by atoms with van der Waals surface area (Å²) in [7, 11) is 1.61. The van der Waals surface area contributed by atoms with Gasteiger partial charge < -0.3 is 14.6 Å². The maximum atomic E-state index is 9.29. The molecular formula is C14H14BrNO3. The molecule has 1 aromatic heterocycles. The molecule has 0 saturated carbocycles. The zero-order chi connectivity index (χ0) is 13.8. The third kappa shape index (κ3) is 3.24. The van der Waals surface area contributed by atoms with Gasteiger partial charge in [-0.2, -0.15) is 0 Å². The van der Waals surface area contributed by atoms with Crippen molar-refractivity contribution in [2.24, 2.45) is 0 Å². The first-order chi connectivity index (χ1) is 9.13. The fourth-order valence-corrected chi connectivity index (χ4v) is 2.03. The number of benzene rings is 1. The molecule has 0 atom stereocenters. The van der Waals surface area contributed by atoms with Gasteiger partial charge in [-0.3, -0.25) is 4.98 Å². The maximum Gasteiger partial charge on any atom is 0.141 e. The molecule has 2 rings (SSSR count). The first-order valence-electron chi connectivity index (χ1n) is 5.72. The molecule has 2 aromatic rings. The van der Waals surface area contributed by atoms with Crippen molar-refractivity contribution in [3.63, 3.8) is 0 Å². The predicted octanol–water partition coefficient (Wildman–Crippen LogP) is 3.45. The minimum Gasteiger partial charge on any atom is -0.497 e. The summed E-state index contributed by atoms with van der Waals surface area (Å²) < 4.78 is 11.7. The van der Waals surface area contributed by atoms with Crippen LogP contribution in [0.2, 0.25) is 0 Å². The zero-order valence-electron chi connectivity index (χ0n) is 10.7. The van der Waals surface area contributed by atoms with E-state index in [9.17, 15) is 5.11 Å². The SMILES string of the molecule is COc1ccc(Oc2cc(C)ncc2CO)c(Br)c1. The highest BCUT2D eigenvalue weighted by Gasteiger charge is 2.09. The lowest BCUT2D eigenvalue weighted by Gasteiger charge is -2.12. The van der Waals surface area contributed by atoms with Crippen LogP contribution in [-0.4, -0.2) is 17.2 Å². The second-order valence-corrected chi connectivity index (χ2v) is 4.84. The van der Waals surface area contributed by atoms with E-state index in [4.69, 9.17) is 9.47 Å². The molecule has 0 radical (unpaired) electrons. The topological polar surface area (TPSA) is 51.6 Å². The second kappa shape index (κ2) is 6.04. The monoisotopic (exact) mass is 323 g/mol. The van der Waals surface area contributed by atoms with E-state index in [1.54, 1.807) is 25.4 Å². The molecule has 0 fully saturated rings. The molecule has 0 bridgehead atoms. The lowest BCUT2D eigenvalue weighted by atomic mass is 10.2. The molecule has 0 aliphatic heterocycles. The molecule has 1 aromatic carbocycles. The average Bonchev–Trinajstić information content (AvgIpc) is 2.41. The Balaban J connectivity index is 2.33. The van der Waals surface area contributed by atoms with E-state index in [2.05, 4.69) is 20.9 Å². The van der Waals surface area contributed by atoms with Gasteiger partial charge in [-0.05, 0) is 41.1 Å². The molecule has 5 heteroatoms. The van der Waals surface area contributed by atoms with Gasteiger partial charge in [-0.15, -0.1) is 0 Å². The number of pyridine rings is 1. The summed E-state index contributed by atoms with van der Waals surface area (Å²) in [5.74, 6) is 1.99. The summed E-state index contributed by atoms with van der Waals surface area (Å²) in [6.07, 6.45) is 1.61. The highest BCUT2D eigenvalue weighted by atomic mass is 79.9. The van der Waals surface area contributed by atoms with E-state index in [-0.39, 0.29) is 6.61 Å². The van der Waals surface area contributed by atoms with E-state index in [0.717, 1.165) is 15.9 Å². The van der Waals surface area contributed by atoms with Crippen LogP contribution in [0.3, 0.4) is 0 Å². The highest BCUT2D eigenvalue weighted by Crippen LogP contribution is 2.34. The van der Waals surface area contributed by atoms with Crippen LogP contribution in [0, 0.1) is 6.92 Å². The summed E-state index contributed by atoms with van der Waals surface area (Å²) >= 11 is 3.43. The van der Waals surface area contributed by atoms with Crippen molar-refractivity contribution in [3.8, 4) is 17.2 Å². The van der Waals surface area contributed by atoms with Crippen LogP contribution in [-0.2, 0) is 6.61 Å². The molecule has 0 saturated heterocycles. The first kappa shape index (κ1) is 13.8. The number of methoxy groups -OCH3 is 1. The fraction of sp³-hybridized carbons (Fsp3) is 0.214. The Kier molecular flexibility index (Phi) is 4.39. The molecule has 1 N–H and O–H groups in total. The van der Waals surface area contributed by atoms with Crippen molar-refractivity contribution in [1.82, 2.24) is 4.98 Å². The number of aryl methyl sites for hydroxylation is 1. The summed E-state index contributed by atoms with van der Waals surface area (Å²) in [5, 5.41) is 9.29. The zero-order valence-corrected chi connectivity index (χ0v) is 12.3. The van der Waals surface area contributed by atoms with Gasteiger partial charge in [0.05, 0.1) is 18.2 Å². The minimum atomic E-state index is -0.115. The average molecular weight is 324 g/mol. The molecule has 0 spiro atoms. The Morgan fingerprint density at radius 2 is 2.05 bits per heavy atom. The van der Waals surface area contributed by atoms with E-state index in [1.165, 1.54) is 0 Å². The predicted molar refractivity (Wildman–Crippen MR) is 75.7 cm³/mol. The molecule has 0 amide bonds. The minimum absolute atomic E-state index is 0.115. The van der Waals surface area contributed by atoms with Crippen molar-refractivity contribution < 1.29 is 14.6 Å². The van der Waals surface area contributed by atoms with Gasteiger partial charge in [0.25, 0.3) is 0 Å². The molecule has 100 valence electrons. The number of hydrogen-bond acceptors (Lipinski definition) is 4. The largest absolute Gasteiger partial charge is 0.497 e. The number of ether oxygens (including phenoxy) is 2. The van der Waals surface area contributed by atoms with Crippen molar-refractivity contribution in [2.45, 2.75) is 13.5 Å². The lowest BCUT2D eigenvalue weighted by Crippen LogP contribution is -1.95. The van der Waals surface area contributed by atoms with Crippen LogP contribution in [0.25, 0.3) is 0 Å². The van der Waals surface area contributed by atoms with Gasteiger partial charge in [0.1, 0.15) is 17.2 Å². The van der Waals surface area contributed by atoms with Crippen molar-refractivity contribution in [2.75, 3.05) is 7.11 Å². The van der Waals surface area contributed by atoms with Crippen LogP contribution < -0.4 is 9.47 Å². The second-order valence-electron chi connectivity index (χ2n) is 3.99. The molecular weight excluding hydrogens is 310 g/mol. The van der Waals surface area contributed by atoms with Crippen molar-refractivity contribution in [1.29, 1.82) is 0 Å². The summed E-state index contributed by atoms with van der Waals surface area (Å²) in [5.41, 5.74) is 1.48. The molecule has 4 nitrogen and oxygen atoms in total. The molecule has 0 aliphatic carbocycles. The van der Waals surface area contributed by atoms with E-state index in [1.807, 2.05) is 19.1 Å². The summed E-state index contributed by atoms with van der Waals surface area (Å²) in [4.78, 5) is 4.13. The third-order valence-corrected chi connectivity index (χ3v) is 3.23. The fourth-order valence-electron chi connectivity index (χ4n) is 1.59. The van der Waals surface area contributed by atoms with Crippen LogP contribution in [0.4, 0.5) is 0 Å². The number of hydrogen-bond donors (Lipinski definition) is 1. The summed E-state index contributed by atoms with van der Waals surface area (Å²) in [6, 6.07) is 7.23. The van der Waals surface area contributed by atoms with Gasteiger partial charge in [-0.25, -0.2) is 0 Å². The number of aliphatic hydroxyl groups excluding tert-OH is 1. The molecule has 1 heterocycles. The Morgan fingerprint density at radius 3 is 2.68 bits per heavy atom. The number of halogens is 1. The lowest BCUT2D eigenvalue weighted by molar-refractivity contribution is 0.276. The Labute approximate surface area is 120 Å². The van der Waals surface area contributed by atoms with E-state index >= 15 is 0 Å². The van der Waals surface area contributed by atoms with E-state index < -0.39 is 0 Å². The van der Waals surface area contributed by atoms with E-state index in [0.29, 0.717) is 17.1 Å². The van der Waals surface area contributed by atoms with Crippen LogP contribution in [0.5, 0.6) is 17.2 Å². The van der Waals surface area contributed by atoms with Crippen LogP contribution >= 0.6 is 15.9 Å². The van der Waals surface area contributed by atoms with Gasteiger partial charge >= 0.3 is 0 Å². The number of aliphatic hydroxyl groups is 1. The van der Waals surface area contributed by atoms with Gasteiger partial charge in [0.2, 0.25) is 0 Å². The molecule has 0 unspecified atom stereocenters. The quantitative estimate of drug-likeness (QED) is 0.936. The molecule has 19 heavy (non-hydrogen) atoms. The van der Waals surface area contributed by atoms with Gasteiger partial charge in [0, 0.05) is 23.5 Å².